The smallest absolute Gasteiger partial charge is 0.425 e. The second-order valence-corrected chi connectivity index (χ2v) is 20.0. The zero-order valence-corrected chi connectivity index (χ0v) is 41.9. The summed E-state index contributed by atoms with van der Waals surface area (Å²) >= 11 is 0. The van der Waals surface area contributed by atoms with Gasteiger partial charge in [0.2, 0.25) is 5.91 Å². The molecule has 2 heterocycles. The van der Waals surface area contributed by atoms with Crippen LogP contribution in [0.1, 0.15) is 85.5 Å². The second kappa shape index (κ2) is 29.1. The number of allylic oxidation sites excluding steroid dienone is 12. The second-order valence-electron chi connectivity index (χ2n) is 20.0. The first-order chi connectivity index (χ1) is 34.1. The Morgan fingerprint density at radius 2 is 1.25 bits per heavy atom. The molecular formula is C52H81N3O17. The minimum Gasteiger partial charge on any atom is -0.462 e. The molecule has 3 unspecified atom stereocenters. The monoisotopic (exact) mass is 1020 g/mol. The van der Waals surface area contributed by atoms with E-state index in [0.717, 1.165) is 7.11 Å². The average Bonchev–Trinajstić information content (AvgIpc) is 4.14. The molecule has 0 spiro atoms. The van der Waals surface area contributed by atoms with Crippen LogP contribution in [0.2, 0.25) is 0 Å². The van der Waals surface area contributed by atoms with Crippen LogP contribution in [0.3, 0.4) is 0 Å². The topological polar surface area (TPSA) is 341 Å². The molecule has 72 heavy (non-hydrogen) atoms. The first kappa shape index (κ1) is 60.4. The summed E-state index contributed by atoms with van der Waals surface area (Å²) < 4.78 is 22.3. The van der Waals surface area contributed by atoms with Gasteiger partial charge in [0.1, 0.15) is 12.2 Å². The summed E-state index contributed by atoms with van der Waals surface area (Å²) in [5.41, 5.74) is 8.76. The number of esters is 1. The van der Waals surface area contributed by atoms with E-state index in [1.807, 2.05) is 43.4 Å². The summed E-state index contributed by atoms with van der Waals surface area (Å²) in [5, 5.41) is 111. The number of nitrogens with one attached hydrogen (secondary N) is 2. The summed E-state index contributed by atoms with van der Waals surface area (Å²) in [6.07, 6.45) is 6.48. The van der Waals surface area contributed by atoms with E-state index < -0.39 is 158 Å². The number of nitrogens with two attached hydrogens (primary N) is 1. The van der Waals surface area contributed by atoms with Crippen LogP contribution >= 0.6 is 0 Å². The molecule has 2 bridgehead atoms. The van der Waals surface area contributed by atoms with Gasteiger partial charge < -0.3 is 75.7 Å². The Labute approximate surface area is 422 Å². The number of carbonyl (C=O) groups is 3. The molecule has 14 N–H and O–H groups in total. The van der Waals surface area contributed by atoms with Crippen molar-refractivity contribution < 1.29 is 84.4 Å². The summed E-state index contributed by atoms with van der Waals surface area (Å²) in [6, 6.07) is -1.12. The third-order valence-electron chi connectivity index (χ3n) is 14.4. The SMILES string of the molecule is COC(=O)NNC(=O)[C@H]1C2C[C@@H](O[C@H]3O[C@@H](C)[C@@H](O)[C@H](N)[C@@H]3O)/C=C/C=C/C=C/C=C/C=C/C=C/C=C/[C@H](C)[C@@H](O)[C@@H](C)[C@H](C)OC(=O)C[C@H](O)C[C@H](O)CC[C@@H](O)[C@H](O)C[C@H](O)CC(O)(C[C@@H]1O)C1C[C@@H]21. The number of methoxy groups -OCH3 is 1. The van der Waals surface area contributed by atoms with E-state index >= 15 is 0 Å². The number of aliphatic hydroxyl groups is 10. The van der Waals surface area contributed by atoms with E-state index in [9.17, 15) is 65.4 Å². The van der Waals surface area contributed by atoms with Gasteiger partial charge in [-0.15, -0.1) is 0 Å². The Hall–Kier alpha value is -4.13. The maximum atomic E-state index is 13.9. The van der Waals surface area contributed by atoms with E-state index in [1.54, 1.807) is 69.4 Å². The van der Waals surface area contributed by atoms with Gasteiger partial charge in [0, 0.05) is 31.1 Å². The quantitative estimate of drug-likeness (QED) is 0.138. The fourth-order valence-electron chi connectivity index (χ4n) is 9.96. The van der Waals surface area contributed by atoms with Crippen LogP contribution in [0.5, 0.6) is 0 Å². The molecule has 1 saturated heterocycles. The lowest BCUT2D eigenvalue weighted by molar-refractivity contribution is -0.277. The average molecular weight is 1020 g/mol. The van der Waals surface area contributed by atoms with E-state index in [1.165, 1.54) is 0 Å². The zero-order valence-electron chi connectivity index (χ0n) is 41.9. The third kappa shape index (κ3) is 18.4. The number of aliphatic hydroxyl groups excluding tert-OH is 9. The fourth-order valence-corrected chi connectivity index (χ4v) is 9.96. The standard InChI is InChI=1S/C52H81N3O17/c1-29-18-16-14-12-10-8-6-7-9-11-13-15-17-19-36(72-50-48(65)45(53)47(64)32(4)71-50)25-38-37-26-39(37)52(68,28-42(61)44(38)49(66)54-55-51(67)69-5)27-35(58)23-41(60)40(59)21-20-33(56)22-34(57)24-43(62)70-31(3)30(2)46(29)63/h6-19,29-42,44-48,50,56-61,63-65,68H,20-28,53H2,1-5H3,(H,54,66)(H,55,67)/b7-6+,10-8+,11-9+,14-12+,15-13+,18-16+,19-17+/t29-,30-,31-,32-,33+,34+,35-,36-,37-,38?,39?,40+,41+,42-,44-,45-,46+,47+,48-,50+,52?/m0/s1. The highest BCUT2D eigenvalue weighted by molar-refractivity contribution is 5.82. The summed E-state index contributed by atoms with van der Waals surface area (Å²) in [6.45, 7) is 6.80. The molecule has 0 aromatic heterocycles. The highest BCUT2D eigenvalue weighted by Crippen LogP contribution is 2.60. The Balaban J connectivity index is 1.62. The molecule has 4 rings (SSSR count). The van der Waals surface area contributed by atoms with Crippen molar-refractivity contribution in [3.63, 3.8) is 0 Å². The van der Waals surface area contributed by atoms with Crippen molar-refractivity contribution in [1.29, 1.82) is 0 Å². The van der Waals surface area contributed by atoms with Crippen LogP contribution < -0.4 is 16.6 Å². The number of ether oxygens (including phenoxy) is 4. The van der Waals surface area contributed by atoms with Crippen LogP contribution in [-0.2, 0) is 28.5 Å². The van der Waals surface area contributed by atoms with Crippen LogP contribution in [0.4, 0.5) is 4.79 Å². The van der Waals surface area contributed by atoms with E-state index in [2.05, 4.69) is 15.6 Å². The molecule has 0 aromatic rings. The third-order valence-corrected chi connectivity index (χ3v) is 14.4. The first-order valence-electron chi connectivity index (χ1n) is 25.0. The number of hydrogen-bond acceptors (Lipinski definition) is 18. The van der Waals surface area contributed by atoms with E-state index in [4.69, 9.17) is 19.9 Å². The van der Waals surface area contributed by atoms with E-state index in [-0.39, 0.29) is 38.0 Å². The molecule has 20 heteroatoms. The van der Waals surface area contributed by atoms with Gasteiger partial charge in [-0.25, -0.2) is 10.2 Å². The largest absolute Gasteiger partial charge is 0.462 e. The van der Waals surface area contributed by atoms with Gasteiger partial charge in [-0.1, -0.05) is 98.9 Å². The summed E-state index contributed by atoms with van der Waals surface area (Å²) in [7, 11) is 1.09. The first-order valence-corrected chi connectivity index (χ1v) is 25.0. The molecule has 406 valence electrons. The van der Waals surface area contributed by atoms with Gasteiger partial charge in [0.05, 0.1) is 92.1 Å². The molecule has 20 nitrogen and oxygen atoms in total. The lowest BCUT2D eigenvalue weighted by Crippen LogP contribution is -2.61. The molecule has 2 saturated carbocycles. The lowest BCUT2D eigenvalue weighted by atomic mass is 9.79. The molecule has 0 radical (unpaired) electrons. The van der Waals surface area contributed by atoms with Gasteiger partial charge >= 0.3 is 12.1 Å². The zero-order chi connectivity index (χ0) is 53.3. The summed E-state index contributed by atoms with van der Waals surface area (Å²) in [4.78, 5) is 38.7. The molecule has 2 amide bonds. The normalized spacial score (nSPS) is 44.7. The Morgan fingerprint density at radius 1 is 0.653 bits per heavy atom. The molecule has 2 aliphatic heterocycles. The number of cyclic esters (lactones) is 1. The maximum Gasteiger partial charge on any atom is 0.425 e. The predicted octanol–water partition coefficient (Wildman–Crippen LogP) is 0.924. The number of hydrogen-bond donors (Lipinski definition) is 13. The number of hydrazine groups is 1. The predicted molar refractivity (Wildman–Crippen MR) is 263 cm³/mol. The van der Waals surface area contributed by atoms with Crippen molar-refractivity contribution in [2.24, 2.45) is 41.2 Å². The van der Waals surface area contributed by atoms with E-state index in [0.29, 0.717) is 6.42 Å². The minimum absolute atomic E-state index is 0.00265. The Bertz CT molecular complexity index is 1930. The minimum atomic E-state index is -1.78. The van der Waals surface area contributed by atoms with Crippen molar-refractivity contribution in [3.05, 3.63) is 85.1 Å². The van der Waals surface area contributed by atoms with Crippen LogP contribution in [-0.4, -0.2) is 167 Å². The van der Waals surface area contributed by atoms with Crippen molar-refractivity contribution in [2.75, 3.05) is 7.11 Å². The lowest BCUT2D eigenvalue weighted by Gasteiger charge is -2.41. The van der Waals surface area contributed by atoms with Gasteiger partial charge in [-0.3, -0.25) is 15.0 Å². The van der Waals surface area contributed by atoms with Crippen molar-refractivity contribution >= 4 is 18.0 Å². The fraction of sp³-hybridized carbons (Fsp3) is 0.673. The van der Waals surface area contributed by atoms with Crippen molar-refractivity contribution in [2.45, 2.75) is 177 Å². The molecular weight excluding hydrogens is 939 g/mol. The number of amides is 2. The molecule has 4 aliphatic rings. The van der Waals surface area contributed by atoms with Crippen LogP contribution in [0, 0.1) is 35.5 Å². The highest BCUT2D eigenvalue weighted by Gasteiger charge is 2.62. The van der Waals surface area contributed by atoms with Crippen LogP contribution in [0.25, 0.3) is 0 Å². The van der Waals surface area contributed by atoms with Crippen molar-refractivity contribution in [1.82, 2.24) is 10.9 Å². The highest BCUT2D eigenvalue weighted by atomic mass is 16.7. The number of carbonyl (C=O) groups excluding carboxylic acids is 3. The van der Waals surface area contributed by atoms with Gasteiger partial charge in [-0.2, -0.15) is 0 Å². The molecule has 3 fully saturated rings. The molecule has 2 aliphatic carbocycles. The van der Waals surface area contributed by atoms with Crippen molar-refractivity contribution in [3.8, 4) is 0 Å². The Morgan fingerprint density at radius 3 is 1.86 bits per heavy atom. The van der Waals surface area contributed by atoms with Gasteiger partial charge in [0.15, 0.2) is 6.29 Å². The Kier molecular flexibility index (Phi) is 24.4. The van der Waals surface area contributed by atoms with Gasteiger partial charge in [0.25, 0.3) is 0 Å². The number of rotatable bonds is 3. The molecule has 21 atom stereocenters. The maximum absolute atomic E-state index is 13.9. The summed E-state index contributed by atoms with van der Waals surface area (Å²) in [5.74, 6) is -5.36. The van der Waals surface area contributed by atoms with Gasteiger partial charge in [-0.05, 0) is 63.7 Å². The molecule has 0 aromatic carbocycles. The van der Waals surface area contributed by atoms with Crippen LogP contribution in [0.15, 0.2) is 85.1 Å².